The molecule has 6 rings (SSSR count). The molecule has 10 heteroatoms. The Morgan fingerprint density at radius 2 is 1.51 bits per heavy atom. The predicted octanol–water partition coefficient (Wildman–Crippen LogP) is 7.02. The molecule has 0 bridgehead atoms. The smallest absolute Gasteiger partial charge is 0.297 e. The van der Waals surface area contributed by atoms with Crippen LogP contribution < -0.4 is 15.5 Å². The van der Waals surface area contributed by atoms with E-state index in [-0.39, 0.29) is 35.2 Å². The second-order valence-corrected chi connectivity index (χ2v) is 12.2. The normalized spacial score (nSPS) is 13.8. The van der Waals surface area contributed by atoms with E-state index < -0.39 is 0 Å². The summed E-state index contributed by atoms with van der Waals surface area (Å²) in [6.45, 7) is 4.42. The SMILES string of the molecule is O=C(CN1CCN(CCCOc2oc3ccccc3c(=O)c2-c2ccccc2)CC1)Nc1ccc(Cl)cc1C(=O)c1ccccc1Cl. The van der Waals surface area contributed by atoms with Crippen molar-refractivity contribution < 1.29 is 18.7 Å². The summed E-state index contributed by atoms with van der Waals surface area (Å²) in [5.74, 6) is -0.299. The van der Waals surface area contributed by atoms with Crippen LogP contribution >= 0.6 is 23.2 Å². The molecule has 0 atom stereocenters. The van der Waals surface area contributed by atoms with Crippen molar-refractivity contribution in [3.05, 3.63) is 128 Å². The van der Waals surface area contributed by atoms with Crippen molar-refractivity contribution >= 4 is 51.5 Å². The molecule has 1 aliphatic rings. The van der Waals surface area contributed by atoms with Crippen molar-refractivity contribution in [2.75, 3.05) is 51.2 Å². The lowest BCUT2D eigenvalue weighted by Crippen LogP contribution is -2.48. The van der Waals surface area contributed by atoms with Gasteiger partial charge >= 0.3 is 0 Å². The number of halogens is 2. The molecule has 2 heterocycles. The number of ether oxygens (including phenoxy) is 1. The molecule has 1 saturated heterocycles. The van der Waals surface area contributed by atoms with Gasteiger partial charge in [-0.3, -0.25) is 19.3 Å². The first-order chi connectivity index (χ1) is 22.9. The largest absolute Gasteiger partial charge is 0.465 e. The highest BCUT2D eigenvalue weighted by Gasteiger charge is 2.22. The van der Waals surface area contributed by atoms with Gasteiger partial charge in [-0.05, 0) is 54.4 Å². The Bertz CT molecular complexity index is 1960. The van der Waals surface area contributed by atoms with Crippen molar-refractivity contribution in [2.24, 2.45) is 0 Å². The summed E-state index contributed by atoms with van der Waals surface area (Å²) >= 11 is 12.4. The number of carbonyl (C=O) groups excluding carboxylic acids is 2. The minimum absolute atomic E-state index is 0.118. The number of nitrogens with one attached hydrogen (secondary N) is 1. The van der Waals surface area contributed by atoms with E-state index >= 15 is 0 Å². The Hall–Kier alpha value is -4.47. The van der Waals surface area contributed by atoms with Gasteiger partial charge in [-0.1, -0.05) is 77.8 Å². The van der Waals surface area contributed by atoms with Gasteiger partial charge in [0.25, 0.3) is 5.95 Å². The predicted molar refractivity (Wildman–Crippen MR) is 186 cm³/mol. The van der Waals surface area contributed by atoms with Gasteiger partial charge in [0.15, 0.2) is 5.78 Å². The molecule has 0 aliphatic carbocycles. The van der Waals surface area contributed by atoms with Crippen LogP contribution in [0.3, 0.4) is 0 Å². The summed E-state index contributed by atoms with van der Waals surface area (Å²) in [6.07, 6.45) is 0.740. The average Bonchev–Trinajstić information content (AvgIpc) is 3.08. The van der Waals surface area contributed by atoms with Crippen LogP contribution in [0.25, 0.3) is 22.1 Å². The Kier molecular flexibility index (Phi) is 10.3. The number of para-hydroxylation sites is 1. The summed E-state index contributed by atoms with van der Waals surface area (Å²) in [6, 6.07) is 28.2. The van der Waals surface area contributed by atoms with Crippen molar-refractivity contribution in [3.8, 4) is 17.1 Å². The van der Waals surface area contributed by atoms with Crippen molar-refractivity contribution in [3.63, 3.8) is 0 Å². The highest BCUT2D eigenvalue weighted by Crippen LogP contribution is 2.31. The van der Waals surface area contributed by atoms with Gasteiger partial charge in [-0.25, -0.2) is 0 Å². The minimum Gasteiger partial charge on any atom is -0.465 e. The van der Waals surface area contributed by atoms with Crippen LogP contribution in [0.1, 0.15) is 22.3 Å². The molecule has 47 heavy (non-hydrogen) atoms. The molecule has 1 aromatic heterocycles. The molecular formula is C37H33Cl2N3O5. The molecule has 0 radical (unpaired) electrons. The summed E-state index contributed by atoms with van der Waals surface area (Å²) in [4.78, 5) is 44.0. The molecule has 1 fully saturated rings. The van der Waals surface area contributed by atoms with Gasteiger partial charge in [-0.15, -0.1) is 0 Å². The van der Waals surface area contributed by atoms with E-state index in [0.717, 1.165) is 44.7 Å². The summed E-state index contributed by atoms with van der Waals surface area (Å²) in [5, 5.41) is 4.13. The van der Waals surface area contributed by atoms with Crippen molar-refractivity contribution in [2.45, 2.75) is 6.42 Å². The maximum absolute atomic E-state index is 13.4. The number of carbonyl (C=O) groups is 2. The van der Waals surface area contributed by atoms with E-state index in [0.29, 0.717) is 44.4 Å². The van der Waals surface area contributed by atoms with E-state index in [1.807, 2.05) is 42.5 Å². The lowest BCUT2D eigenvalue weighted by atomic mass is 10.0. The zero-order valence-electron chi connectivity index (χ0n) is 25.6. The highest BCUT2D eigenvalue weighted by molar-refractivity contribution is 6.36. The molecule has 8 nitrogen and oxygen atoms in total. The molecule has 0 saturated carbocycles. The lowest BCUT2D eigenvalue weighted by Gasteiger charge is -2.34. The monoisotopic (exact) mass is 669 g/mol. The Labute approximate surface area is 282 Å². The number of amides is 1. The third-order valence-electron chi connectivity index (χ3n) is 8.13. The van der Waals surface area contributed by atoms with Gasteiger partial charge in [0.2, 0.25) is 11.3 Å². The molecule has 1 N–H and O–H groups in total. The van der Waals surface area contributed by atoms with Crippen LogP contribution in [-0.2, 0) is 4.79 Å². The Morgan fingerprint density at radius 3 is 2.30 bits per heavy atom. The number of ketones is 1. The second-order valence-electron chi connectivity index (χ2n) is 11.3. The van der Waals surface area contributed by atoms with Crippen LogP contribution in [0.5, 0.6) is 5.95 Å². The maximum atomic E-state index is 13.4. The lowest BCUT2D eigenvalue weighted by molar-refractivity contribution is -0.117. The molecule has 1 amide bonds. The van der Waals surface area contributed by atoms with Gasteiger partial charge in [0, 0.05) is 48.9 Å². The number of hydrogen-bond donors (Lipinski definition) is 1. The Morgan fingerprint density at radius 1 is 0.809 bits per heavy atom. The van der Waals surface area contributed by atoms with Crippen LogP contribution in [0.2, 0.25) is 10.0 Å². The third kappa shape index (κ3) is 7.75. The van der Waals surface area contributed by atoms with Gasteiger partial charge in [0.05, 0.1) is 29.2 Å². The first-order valence-electron chi connectivity index (χ1n) is 15.4. The number of benzene rings is 4. The number of hydrogen-bond acceptors (Lipinski definition) is 7. The molecular weight excluding hydrogens is 637 g/mol. The van der Waals surface area contributed by atoms with Crippen LogP contribution in [0.15, 0.2) is 106 Å². The molecule has 0 spiro atoms. The van der Waals surface area contributed by atoms with Crippen LogP contribution in [-0.4, -0.2) is 67.4 Å². The third-order valence-corrected chi connectivity index (χ3v) is 8.70. The van der Waals surface area contributed by atoms with Crippen LogP contribution in [0.4, 0.5) is 5.69 Å². The quantitative estimate of drug-likeness (QED) is 0.119. The number of fused-ring (bicyclic) bond motifs is 1. The second kappa shape index (κ2) is 15.0. The number of rotatable bonds is 11. The molecule has 5 aromatic rings. The topological polar surface area (TPSA) is 92.1 Å². The molecule has 0 unspecified atom stereocenters. The van der Waals surface area contributed by atoms with Gasteiger partial charge in [0.1, 0.15) is 11.1 Å². The van der Waals surface area contributed by atoms with E-state index in [1.54, 1.807) is 54.6 Å². The van der Waals surface area contributed by atoms with Crippen LogP contribution in [0, 0.1) is 0 Å². The number of anilines is 1. The zero-order chi connectivity index (χ0) is 32.8. The number of piperazine rings is 1. The Balaban J connectivity index is 1.00. The van der Waals surface area contributed by atoms with Gasteiger partial charge < -0.3 is 19.4 Å². The summed E-state index contributed by atoms with van der Waals surface area (Å²) < 4.78 is 12.1. The summed E-state index contributed by atoms with van der Waals surface area (Å²) in [7, 11) is 0. The molecule has 4 aromatic carbocycles. The van der Waals surface area contributed by atoms with Crippen molar-refractivity contribution in [1.82, 2.24) is 9.80 Å². The minimum atomic E-state index is -0.315. The first kappa shape index (κ1) is 32.5. The van der Waals surface area contributed by atoms with E-state index in [4.69, 9.17) is 32.4 Å². The van der Waals surface area contributed by atoms with Gasteiger partial charge in [-0.2, -0.15) is 0 Å². The standard InChI is InChI=1S/C37H33Cl2N3O5/c38-26-15-16-31(29(23-26)35(44)27-11-4-6-13-30(27)39)40-33(43)24-42-20-18-41(19-21-42)17-8-22-46-37-34(25-9-2-1-3-10-25)36(45)28-12-5-7-14-32(28)47-37/h1-7,9-16,23H,8,17-22,24H2,(H,40,43). The molecule has 240 valence electrons. The van der Waals surface area contributed by atoms with E-state index in [1.165, 1.54) is 0 Å². The average molecular weight is 671 g/mol. The maximum Gasteiger partial charge on any atom is 0.297 e. The fourth-order valence-corrected chi connectivity index (χ4v) is 6.09. The zero-order valence-corrected chi connectivity index (χ0v) is 27.1. The van der Waals surface area contributed by atoms with Crippen molar-refractivity contribution in [1.29, 1.82) is 0 Å². The fraction of sp³-hybridized carbons (Fsp3) is 0.216. The highest BCUT2D eigenvalue weighted by atomic mass is 35.5. The molecule has 1 aliphatic heterocycles. The fourth-order valence-electron chi connectivity index (χ4n) is 5.70. The van der Waals surface area contributed by atoms with E-state index in [9.17, 15) is 14.4 Å². The van der Waals surface area contributed by atoms with E-state index in [2.05, 4.69) is 15.1 Å². The number of nitrogens with zero attached hydrogens (tertiary/aromatic N) is 2. The summed E-state index contributed by atoms with van der Waals surface area (Å²) in [5.41, 5.74) is 2.56. The first-order valence-corrected chi connectivity index (χ1v) is 16.2.